The lowest BCUT2D eigenvalue weighted by molar-refractivity contribution is 0.112. The Morgan fingerprint density at radius 3 is 2.77 bits per heavy atom. The number of rotatable bonds is 3. The third-order valence-corrected chi connectivity index (χ3v) is 2.12. The van der Waals surface area contributed by atoms with Crippen molar-refractivity contribution in [2.75, 3.05) is 0 Å². The number of benzene rings is 1. The van der Waals surface area contributed by atoms with Crippen molar-refractivity contribution in [1.29, 1.82) is 0 Å². The topological polar surface area (TPSA) is 63.6 Å². The summed E-state index contributed by atoms with van der Waals surface area (Å²) >= 11 is 3.15. The van der Waals surface area contributed by atoms with Gasteiger partial charge in [0.2, 0.25) is 5.75 Å². The molecule has 1 aromatic carbocycles. The fraction of sp³-hybridized carbons (Fsp3) is 0. The first kappa shape index (κ1) is 10.3. The van der Waals surface area contributed by atoms with Gasteiger partial charge in [0, 0.05) is 9.04 Å². The van der Waals surface area contributed by atoms with E-state index in [2.05, 4.69) is 20.5 Å². The average molecular weight is 264 g/mol. The van der Waals surface area contributed by atoms with E-state index in [1.807, 2.05) is 0 Å². The van der Waals surface area contributed by atoms with Gasteiger partial charge in [-0.2, -0.15) is 0 Å². The number of aldehydes is 1. The van der Waals surface area contributed by atoms with Crippen LogP contribution < -0.4 is 4.52 Å². The summed E-state index contributed by atoms with van der Waals surface area (Å²) in [5.41, 5.74) is 0.228. The largest absolute Gasteiger partial charge is 0.747 e. The molecule has 0 saturated heterocycles. The lowest BCUT2D eigenvalue weighted by atomic mass is 10.2. The Bertz CT molecular complexity index is 352. The van der Waals surface area contributed by atoms with Crippen LogP contribution in [0.15, 0.2) is 22.7 Å². The van der Waals surface area contributed by atoms with Gasteiger partial charge in [0.1, 0.15) is 0 Å². The predicted octanol–water partition coefficient (Wildman–Crippen LogP) is 2.29. The highest BCUT2D eigenvalue weighted by atomic mass is 79.9. The summed E-state index contributed by atoms with van der Waals surface area (Å²) in [5, 5.41) is 0. The van der Waals surface area contributed by atoms with Crippen molar-refractivity contribution in [3.05, 3.63) is 28.2 Å². The first-order chi connectivity index (χ1) is 6.13. The molecule has 0 bridgehead atoms. The summed E-state index contributed by atoms with van der Waals surface area (Å²) in [5.74, 6) is 0.0989. The van der Waals surface area contributed by atoms with E-state index in [1.54, 1.807) is 6.07 Å². The Morgan fingerprint density at radius 2 is 2.23 bits per heavy atom. The molecule has 0 heterocycles. The van der Waals surface area contributed by atoms with Crippen LogP contribution in [0, 0.1) is 0 Å². The number of carbonyl (C=O) groups is 1. The lowest BCUT2D eigenvalue weighted by Crippen LogP contribution is -1.88. The Hall–Kier alpha value is -0.770. The molecule has 1 atom stereocenters. The Kier molecular flexibility index (Phi) is 3.54. The smallest absolute Gasteiger partial charge is 0.298 e. The zero-order valence-corrected chi connectivity index (χ0v) is 8.79. The SMILES string of the molecule is O=Cc1cc(Br)ccc1O[P+](=O)O. The van der Waals surface area contributed by atoms with Crippen molar-refractivity contribution in [1.82, 2.24) is 0 Å². The van der Waals surface area contributed by atoms with Gasteiger partial charge in [-0.15, -0.1) is 4.89 Å². The summed E-state index contributed by atoms with van der Waals surface area (Å²) < 4.78 is 15.5. The molecule has 0 fully saturated rings. The van der Waals surface area contributed by atoms with Gasteiger partial charge in [0.15, 0.2) is 6.29 Å². The molecule has 0 aliphatic heterocycles. The molecule has 1 N–H and O–H groups in total. The maximum Gasteiger partial charge on any atom is 0.747 e. The van der Waals surface area contributed by atoms with Crippen molar-refractivity contribution in [3.63, 3.8) is 0 Å². The lowest BCUT2D eigenvalue weighted by Gasteiger charge is -1.96. The first-order valence-electron chi connectivity index (χ1n) is 3.22. The maximum atomic E-state index is 10.5. The van der Waals surface area contributed by atoms with Gasteiger partial charge in [0.25, 0.3) is 0 Å². The summed E-state index contributed by atoms with van der Waals surface area (Å²) in [6, 6.07) is 4.56. The molecule has 0 aliphatic carbocycles. The third kappa shape index (κ3) is 2.88. The van der Waals surface area contributed by atoms with Gasteiger partial charge in [-0.05, 0) is 18.2 Å². The van der Waals surface area contributed by atoms with Crippen LogP contribution in [-0.2, 0) is 4.57 Å². The first-order valence-corrected chi connectivity index (χ1v) is 5.14. The molecule has 0 saturated carbocycles. The van der Waals surface area contributed by atoms with Crippen molar-refractivity contribution in [2.45, 2.75) is 0 Å². The van der Waals surface area contributed by atoms with Gasteiger partial charge in [-0.3, -0.25) is 4.79 Å². The average Bonchev–Trinajstić information content (AvgIpc) is 2.07. The fourth-order valence-electron chi connectivity index (χ4n) is 0.779. The molecule has 1 rings (SSSR count). The van der Waals surface area contributed by atoms with Crippen LogP contribution in [-0.4, -0.2) is 11.2 Å². The normalized spacial score (nSPS) is 10.8. The van der Waals surface area contributed by atoms with Gasteiger partial charge in [0.05, 0.1) is 5.56 Å². The Labute approximate surface area is 83.6 Å². The third-order valence-electron chi connectivity index (χ3n) is 1.28. The van der Waals surface area contributed by atoms with E-state index >= 15 is 0 Å². The minimum Gasteiger partial charge on any atom is -0.298 e. The Balaban J connectivity index is 3.05. The van der Waals surface area contributed by atoms with Crippen LogP contribution >= 0.6 is 24.2 Å². The molecular formula is C7H5BrO4P+. The van der Waals surface area contributed by atoms with E-state index in [0.717, 1.165) is 0 Å². The molecule has 13 heavy (non-hydrogen) atoms. The van der Waals surface area contributed by atoms with E-state index in [9.17, 15) is 9.36 Å². The highest BCUT2D eigenvalue weighted by Gasteiger charge is 2.17. The number of halogens is 1. The van der Waals surface area contributed by atoms with E-state index in [1.165, 1.54) is 12.1 Å². The monoisotopic (exact) mass is 263 g/mol. The molecule has 0 radical (unpaired) electrons. The molecule has 0 amide bonds. The van der Waals surface area contributed by atoms with Crippen LogP contribution in [0.5, 0.6) is 5.75 Å². The second-order valence-electron chi connectivity index (χ2n) is 2.13. The zero-order valence-electron chi connectivity index (χ0n) is 6.31. The Morgan fingerprint density at radius 1 is 1.54 bits per heavy atom. The zero-order chi connectivity index (χ0) is 9.84. The molecule has 68 valence electrons. The van der Waals surface area contributed by atoms with Gasteiger partial charge in [-0.1, -0.05) is 15.9 Å². The molecule has 4 nitrogen and oxygen atoms in total. The highest BCUT2D eigenvalue weighted by molar-refractivity contribution is 9.10. The van der Waals surface area contributed by atoms with Gasteiger partial charge < -0.3 is 0 Å². The number of hydrogen-bond acceptors (Lipinski definition) is 3. The molecule has 6 heteroatoms. The molecule has 0 aliphatic rings. The van der Waals surface area contributed by atoms with Crippen LogP contribution in [0.2, 0.25) is 0 Å². The van der Waals surface area contributed by atoms with Crippen molar-refractivity contribution < 1.29 is 18.8 Å². The molecule has 1 aromatic rings. The van der Waals surface area contributed by atoms with E-state index in [0.29, 0.717) is 10.8 Å². The van der Waals surface area contributed by atoms with Crippen molar-refractivity contribution in [3.8, 4) is 5.75 Å². The quantitative estimate of drug-likeness (QED) is 0.672. The van der Waals surface area contributed by atoms with E-state index in [-0.39, 0.29) is 11.3 Å². The fourth-order valence-corrected chi connectivity index (χ4v) is 1.49. The standard InChI is InChI=1S/C7H4BrO4P/c8-6-1-2-7(12-13(10)11)5(3-6)4-9/h1-4H/p+1. The van der Waals surface area contributed by atoms with E-state index < -0.39 is 8.25 Å². The maximum absolute atomic E-state index is 10.5. The summed E-state index contributed by atoms with van der Waals surface area (Å²) in [4.78, 5) is 18.9. The van der Waals surface area contributed by atoms with Crippen molar-refractivity contribution in [2.24, 2.45) is 0 Å². The van der Waals surface area contributed by atoms with Crippen LogP contribution in [0.3, 0.4) is 0 Å². The molecule has 0 spiro atoms. The number of carbonyl (C=O) groups excluding carboxylic acids is 1. The molecule has 0 aromatic heterocycles. The minimum atomic E-state index is -2.73. The summed E-state index contributed by atoms with van der Waals surface area (Å²) in [6.07, 6.45) is 0.554. The second-order valence-corrected chi connectivity index (χ2v) is 3.70. The highest BCUT2D eigenvalue weighted by Crippen LogP contribution is 2.28. The summed E-state index contributed by atoms with van der Waals surface area (Å²) in [7, 11) is -2.73. The van der Waals surface area contributed by atoms with Crippen LogP contribution in [0.1, 0.15) is 10.4 Å². The van der Waals surface area contributed by atoms with Crippen LogP contribution in [0.25, 0.3) is 0 Å². The van der Waals surface area contributed by atoms with Crippen molar-refractivity contribution >= 4 is 30.5 Å². The predicted molar refractivity (Wildman–Crippen MR) is 50.0 cm³/mol. The summed E-state index contributed by atoms with van der Waals surface area (Å²) in [6.45, 7) is 0. The number of hydrogen-bond donors (Lipinski definition) is 1. The van der Waals surface area contributed by atoms with E-state index in [4.69, 9.17) is 4.89 Å². The molecule has 1 unspecified atom stereocenters. The minimum absolute atomic E-state index is 0.0989. The molecular weight excluding hydrogens is 259 g/mol. The van der Waals surface area contributed by atoms with Gasteiger partial charge >= 0.3 is 8.25 Å². The second kappa shape index (κ2) is 4.46. The van der Waals surface area contributed by atoms with Gasteiger partial charge in [-0.25, -0.2) is 4.52 Å². The van der Waals surface area contributed by atoms with Crippen LogP contribution in [0.4, 0.5) is 0 Å².